The van der Waals surface area contributed by atoms with E-state index < -0.39 is 36.8 Å². The highest BCUT2D eigenvalue weighted by molar-refractivity contribution is 5.94. The van der Waals surface area contributed by atoms with Crippen molar-refractivity contribution in [2.45, 2.75) is 19.6 Å². The molecule has 0 spiro atoms. The fraction of sp³-hybridized carbons (Fsp3) is 0.294. The molecular weight excluding hydrogens is 358 g/mol. The number of furan rings is 1. The molecule has 0 N–H and O–H groups in total. The number of Topliss-reactive ketones (excluding diaryl/α,β-unsaturated/α-hetero) is 1. The summed E-state index contributed by atoms with van der Waals surface area (Å²) in [4.78, 5) is 23.8. The van der Waals surface area contributed by atoms with E-state index >= 15 is 0 Å². The minimum absolute atomic E-state index is 0.0780. The number of hydrogen-bond acceptors (Lipinski definition) is 4. The Morgan fingerprint density at radius 2 is 1.96 bits per heavy atom. The van der Waals surface area contributed by atoms with E-state index in [9.17, 15) is 27.2 Å². The fourth-order valence-corrected chi connectivity index (χ4v) is 2.15. The lowest BCUT2D eigenvalue weighted by Crippen LogP contribution is -2.40. The molecule has 0 atom stereocenters. The molecule has 140 valence electrons. The van der Waals surface area contributed by atoms with Gasteiger partial charge in [-0.15, -0.1) is 0 Å². The van der Waals surface area contributed by atoms with Crippen LogP contribution in [0.4, 0.5) is 17.6 Å². The van der Waals surface area contributed by atoms with Crippen LogP contribution < -0.4 is 4.74 Å². The number of amides is 1. The number of halogens is 4. The monoisotopic (exact) mass is 373 g/mol. The summed E-state index contributed by atoms with van der Waals surface area (Å²) >= 11 is 0. The zero-order valence-electron chi connectivity index (χ0n) is 13.7. The van der Waals surface area contributed by atoms with Gasteiger partial charge in [0, 0.05) is 6.07 Å². The SMILES string of the molecule is CC(=O)c1ccc(OCC(=O)N(Cc2ccco2)CC(F)(F)F)cc1F. The van der Waals surface area contributed by atoms with Gasteiger partial charge >= 0.3 is 6.18 Å². The van der Waals surface area contributed by atoms with Gasteiger partial charge in [-0.2, -0.15) is 13.2 Å². The van der Waals surface area contributed by atoms with Gasteiger partial charge in [0.1, 0.15) is 23.9 Å². The third-order valence-electron chi connectivity index (χ3n) is 3.33. The Morgan fingerprint density at radius 1 is 1.23 bits per heavy atom. The molecule has 0 saturated heterocycles. The molecule has 0 aliphatic rings. The molecule has 1 aromatic heterocycles. The molecule has 0 radical (unpaired) electrons. The molecule has 2 aromatic rings. The number of benzene rings is 1. The lowest BCUT2D eigenvalue weighted by atomic mass is 10.1. The predicted molar refractivity (Wildman–Crippen MR) is 82.1 cm³/mol. The average molecular weight is 373 g/mol. The second kappa shape index (κ2) is 8.03. The van der Waals surface area contributed by atoms with Crippen LogP contribution in [0.25, 0.3) is 0 Å². The van der Waals surface area contributed by atoms with E-state index in [1.54, 1.807) is 0 Å². The lowest BCUT2D eigenvalue weighted by molar-refractivity contribution is -0.164. The van der Waals surface area contributed by atoms with E-state index in [-0.39, 0.29) is 23.6 Å². The van der Waals surface area contributed by atoms with Crippen LogP contribution in [-0.4, -0.2) is 35.9 Å². The first-order chi connectivity index (χ1) is 12.2. The van der Waals surface area contributed by atoms with Gasteiger partial charge in [-0.05, 0) is 31.2 Å². The minimum atomic E-state index is -4.60. The van der Waals surface area contributed by atoms with Crippen molar-refractivity contribution in [3.05, 3.63) is 53.7 Å². The molecule has 0 aliphatic heterocycles. The standard InChI is InChI=1S/C17H15F4NO4/c1-11(23)14-5-4-12(7-15(14)18)26-9-16(24)22(10-17(19,20)21)8-13-3-2-6-25-13/h2-7H,8-10H2,1H3. The van der Waals surface area contributed by atoms with E-state index in [0.717, 1.165) is 6.07 Å². The largest absolute Gasteiger partial charge is 0.484 e. The quantitative estimate of drug-likeness (QED) is 0.550. The number of ether oxygens (including phenoxy) is 1. The lowest BCUT2D eigenvalue weighted by Gasteiger charge is -2.23. The fourth-order valence-electron chi connectivity index (χ4n) is 2.15. The van der Waals surface area contributed by atoms with Crippen molar-refractivity contribution in [1.82, 2.24) is 4.90 Å². The average Bonchev–Trinajstić information content (AvgIpc) is 3.03. The van der Waals surface area contributed by atoms with Crippen LogP contribution in [0.3, 0.4) is 0 Å². The maximum Gasteiger partial charge on any atom is 0.406 e. The van der Waals surface area contributed by atoms with E-state index in [1.807, 2.05) is 0 Å². The Bertz CT molecular complexity index is 772. The number of ketones is 1. The highest BCUT2D eigenvalue weighted by Crippen LogP contribution is 2.20. The Hall–Kier alpha value is -2.84. The smallest absolute Gasteiger partial charge is 0.406 e. The number of carbonyl (C=O) groups is 2. The third-order valence-corrected chi connectivity index (χ3v) is 3.33. The Morgan fingerprint density at radius 3 is 2.50 bits per heavy atom. The van der Waals surface area contributed by atoms with Crippen molar-refractivity contribution >= 4 is 11.7 Å². The summed E-state index contributed by atoms with van der Waals surface area (Å²) in [6.45, 7) is -1.40. The maximum absolute atomic E-state index is 13.7. The van der Waals surface area contributed by atoms with Gasteiger partial charge in [0.25, 0.3) is 5.91 Å². The Labute approximate surface area is 146 Å². The maximum atomic E-state index is 13.7. The zero-order chi connectivity index (χ0) is 19.3. The van der Waals surface area contributed by atoms with E-state index in [4.69, 9.17) is 9.15 Å². The van der Waals surface area contributed by atoms with Crippen LogP contribution in [-0.2, 0) is 11.3 Å². The van der Waals surface area contributed by atoms with E-state index in [2.05, 4.69) is 0 Å². The van der Waals surface area contributed by atoms with Crippen LogP contribution in [0.2, 0.25) is 0 Å². The van der Waals surface area contributed by atoms with Crippen LogP contribution in [0.5, 0.6) is 5.75 Å². The molecule has 0 aliphatic carbocycles. The highest BCUT2D eigenvalue weighted by atomic mass is 19.4. The Balaban J connectivity index is 2.04. The van der Waals surface area contributed by atoms with Gasteiger partial charge in [0.05, 0.1) is 18.4 Å². The molecule has 0 saturated carbocycles. The number of rotatable bonds is 7. The van der Waals surface area contributed by atoms with Gasteiger partial charge < -0.3 is 14.1 Å². The molecule has 0 bridgehead atoms. The van der Waals surface area contributed by atoms with Crippen LogP contribution in [0, 0.1) is 5.82 Å². The first-order valence-corrected chi connectivity index (χ1v) is 7.46. The molecule has 2 rings (SSSR count). The molecule has 9 heteroatoms. The van der Waals surface area contributed by atoms with Crippen LogP contribution in [0.1, 0.15) is 23.0 Å². The number of alkyl halides is 3. The minimum Gasteiger partial charge on any atom is -0.484 e. The van der Waals surface area contributed by atoms with Gasteiger partial charge in [0.2, 0.25) is 0 Å². The van der Waals surface area contributed by atoms with E-state index in [0.29, 0.717) is 4.90 Å². The van der Waals surface area contributed by atoms with Crippen molar-refractivity contribution in [2.24, 2.45) is 0 Å². The summed E-state index contributed by atoms with van der Waals surface area (Å²) in [7, 11) is 0. The van der Waals surface area contributed by atoms with Crippen molar-refractivity contribution in [3.63, 3.8) is 0 Å². The number of hydrogen-bond donors (Lipinski definition) is 0. The summed E-state index contributed by atoms with van der Waals surface area (Å²) in [5.41, 5.74) is -0.153. The molecule has 1 amide bonds. The normalized spacial score (nSPS) is 11.3. The third kappa shape index (κ3) is 5.61. The molecule has 1 aromatic carbocycles. The summed E-state index contributed by atoms with van der Waals surface area (Å²) in [5.74, 6) is -2.18. The van der Waals surface area contributed by atoms with E-state index in [1.165, 1.54) is 37.5 Å². The topological polar surface area (TPSA) is 59.8 Å². The summed E-state index contributed by atoms with van der Waals surface area (Å²) in [5, 5.41) is 0. The molecule has 0 unspecified atom stereocenters. The molecule has 1 heterocycles. The zero-order valence-corrected chi connectivity index (χ0v) is 13.7. The highest BCUT2D eigenvalue weighted by Gasteiger charge is 2.33. The molecule has 26 heavy (non-hydrogen) atoms. The Kier molecular flexibility index (Phi) is 6.01. The number of nitrogens with zero attached hydrogens (tertiary/aromatic N) is 1. The second-order valence-electron chi connectivity index (χ2n) is 5.43. The second-order valence-corrected chi connectivity index (χ2v) is 5.43. The van der Waals surface area contributed by atoms with Gasteiger partial charge in [-0.25, -0.2) is 4.39 Å². The van der Waals surface area contributed by atoms with Gasteiger partial charge in [-0.1, -0.05) is 0 Å². The molecular formula is C17H15F4NO4. The van der Waals surface area contributed by atoms with Crippen molar-refractivity contribution < 1.29 is 36.3 Å². The molecule has 5 nitrogen and oxygen atoms in total. The summed E-state index contributed by atoms with van der Waals surface area (Å²) in [6, 6.07) is 6.25. The van der Waals surface area contributed by atoms with Gasteiger partial charge in [0.15, 0.2) is 12.4 Å². The summed E-state index contributed by atoms with van der Waals surface area (Å²) < 4.78 is 61.8. The summed E-state index contributed by atoms with van der Waals surface area (Å²) in [6.07, 6.45) is -3.32. The van der Waals surface area contributed by atoms with Crippen LogP contribution in [0.15, 0.2) is 41.0 Å². The van der Waals surface area contributed by atoms with Crippen molar-refractivity contribution in [3.8, 4) is 5.75 Å². The van der Waals surface area contributed by atoms with Crippen molar-refractivity contribution in [1.29, 1.82) is 0 Å². The predicted octanol–water partition coefficient (Wildman–Crippen LogP) is 3.59. The number of carbonyl (C=O) groups excluding carboxylic acids is 2. The van der Waals surface area contributed by atoms with Crippen molar-refractivity contribution in [2.75, 3.05) is 13.2 Å². The van der Waals surface area contributed by atoms with Crippen LogP contribution >= 0.6 is 0 Å². The molecule has 0 fully saturated rings. The first kappa shape index (κ1) is 19.5. The first-order valence-electron chi connectivity index (χ1n) is 7.46. The van der Waals surface area contributed by atoms with Gasteiger partial charge in [-0.3, -0.25) is 9.59 Å².